The van der Waals surface area contributed by atoms with Crippen molar-refractivity contribution in [3.63, 3.8) is 0 Å². The molecular weight excluding hydrogens is 1430 g/mol. The van der Waals surface area contributed by atoms with Crippen molar-refractivity contribution in [2.75, 3.05) is 52.6 Å². The van der Waals surface area contributed by atoms with Gasteiger partial charge < -0.3 is 60.6 Å². The van der Waals surface area contributed by atoms with Crippen molar-refractivity contribution in [1.82, 2.24) is 21.3 Å². The normalized spacial score (nSPS) is 15.7. The van der Waals surface area contributed by atoms with Crippen molar-refractivity contribution in [3.05, 3.63) is 231 Å². The predicted molar refractivity (Wildman–Crippen MR) is 469 cm³/mol. The number of rotatable bonds is 0. The van der Waals surface area contributed by atoms with Gasteiger partial charge in [-0.3, -0.25) is 0 Å². The zero-order valence-electron chi connectivity index (χ0n) is 71.8. The van der Waals surface area contributed by atoms with Gasteiger partial charge in [-0.1, -0.05) is 263 Å². The fraction of sp³-hybridized carbons (Fsp3) is 0.490. The summed E-state index contributed by atoms with van der Waals surface area (Å²) in [6.07, 6.45) is 2.86. The third-order valence-corrected chi connectivity index (χ3v) is 23.1. The van der Waals surface area contributed by atoms with Crippen LogP contribution in [0.4, 0.5) is 0 Å². The van der Waals surface area contributed by atoms with Gasteiger partial charge in [0, 0.05) is 51.4 Å². The maximum atomic E-state index is 13.1. The Labute approximate surface area is 681 Å². The van der Waals surface area contributed by atoms with E-state index < -0.39 is 0 Å². The predicted octanol–water partition coefficient (Wildman–Crippen LogP) is 20.4. The average molecular weight is 1550 g/mol. The van der Waals surface area contributed by atoms with E-state index in [9.17, 15) is 20.4 Å². The van der Waals surface area contributed by atoms with Crippen molar-refractivity contribution in [2.45, 2.75) is 261 Å². The van der Waals surface area contributed by atoms with Gasteiger partial charge in [0.1, 0.15) is 72.4 Å². The summed E-state index contributed by atoms with van der Waals surface area (Å²) in [5.41, 5.74) is 20.2. The van der Waals surface area contributed by atoms with Crippen molar-refractivity contribution >= 4 is 34.7 Å². The first kappa shape index (κ1) is 84.4. The van der Waals surface area contributed by atoms with E-state index in [1.165, 1.54) is 0 Å². The Morgan fingerprint density at radius 3 is 0.446 bits per heavy atom. The lowest BCUT2D eigenvalue weighted by molar-refractivity contribution is 0.311. The summed E-state index contributed by atoms with van der Waals surface area (Å²) < 4.78 is 28.8. The summed E-state index contributed by atoms with van der Waals surface area (Å²) >= 11 is 12.2. The third-order valence-electron chi connectivity index (χ3n) is 22.6. The number of phenolic OH excluding ortho intramolecular Hbond substituents is 4. The maximum Gasteiger partial charge on any atom is 0.166 e. The van der Waals surface area contributed by atoms with Gasteiger partial charge in [-0.15, -0.1) is 0 Å². The number of fused-ring (bicyclic) bond motifs is 18. The fourth-order valence-corrected chi connectivity index (χ4v) is 15.8. The summed E-state index contributed by atoms with van der Waals surface area (Å²) in [6, 6.07) is 35.4. The quantitative estimate of drug-likeness (QED) is 0.0676. The standard InChI is InChI=1S/C98H128N4O8S2/c1-91(2,3)73-41-57-33-65-49-77(95(13,14)15)51-67-35-59-43-74(92(4,5)6)44-60(82(59)104)36-68-52-78(96(16,17)18)50-66(34-58(42-73)81(57)103)86(68)108-30-26-100-90(112)102-28-32-110-88-70-38-62-46-75(93(7,8)9)45-61(83(62)105)37-69-53-79(97(19,20)21)55-71(87(69)109-31-27-101-89(111)99-25-29-107-85(65)67)39-63-47-76(94(10,11)12)48-64(84(63)106)40-72(88)56-80(54-70)98(22,23)24/h41-56,103-106H,25-40H2,1-24H3,(H2,99,101,111)(H2,100,102,112). The molecule has 8 N–H and O–H groups in total. The lowest BCUT2D eigenvalue weighted by atomic mass is 9.79. The van der Waals surface area contributed by atoms with Crippen LogP contribution in [0, 0.1) is 0 Å². The minimum absolute atomic E-state index is 0.228. The van der Waals surface area contributed by atoms with Crippen LogP contribution in [-0.2, 0) is 94.7 Å². The summed E-state index contributed by atoms with van der Waals surface area (Å²) in [6.45, 7) is 55.8. The van der Waals surface area contributed by atoms with Crippen LogP contribution in [-0.4, -0.2) is 83.3 Å². The highest BCUT2D eigenvalue weighted by atomic mass is 32.1. The molecule has 0 fully saturated rings. The lowest BCUT2D eigenvalue weighted by Gasteiger charge is -2.28. The highest BCUT2D eigenvalue weighted by Crippen LogP contribution is 2.48. The van der Waals surface area contributed by atoms with Crippen LogP contribution in [0.1, 0.15) is 300 Å². The molecule has 0 unspecified atom stereocenters. The molecule has 0 saturated heterocycles. The minimum atomic E-state index is -0.288. The summed E-state index contributed by atoms with van der Waals surface area (Å²) in [4.78, 5) is 0. The molecule has 20 bridgehead atoms. The van der Waals surface area contributed by atoms with Gasteiger partial charge in [-0.25, -0.2) is 0 Å². The molecule has 12 nitrogen and oxygen atoms in total. The molecule has 8 aromatic carbocycles. The highest BCUT2D eigenvalue weighted by molar-refractivity contribution is 7.80. The minimum Gasteiger partial charge on any atom is -0.507 e. The zero-order valence-corrected chi connectivity index (χ0v) is 73.4. The Morgan fingerprint density at radius 1 is 0.214 bits per heavy atom. The Kier molecular flexibility index (Phi) is 24.2. The number of thiocarbonyl (C=S) groups is 2. The van der Waals surface area contributed by atoms with Crippen LogP contribution in [0.15, 0.2) is 97.1 Å². The number of aromatic hydroxyl groups is 4. The van der Waals surface area contributed by atoms with Crippen LogP contribution in [0.5, 0.6) is 46.0 Å². The van der Waals surface area contributed by atoms with Gasteiger partial charge in [-0.05, 0) is 201 Å². The summed E-state index contributed by atoms with van der Waals surface area (Å²) in [5, 5.41) is 67.1. The van der Waals surface area contributed by atoms with Crippen molar-refractivity contribution < 1.29 is 39.4 Å². The molecule has 0 radical (unpaired) electrons. The van der Waals surface area contributed by atoms with Gasteiger partial charge in [0.25, 0.3) is 0 Å². The van der Waals surface area contributed by atoms with Gasteiger partial charge in [0.15, 0.2) is 10.2 Å². The van der Waals surface area contributed by atoms with E-state index in [0.717, 1.165) is 134 Å². The molecule has 112 heavy (non-hydrogen) atoms. The third kappa shape index (κ3) is 19.8. The first-order valence-corrected chi connectivity index (χ1v) is 41.4. The molecule has 0 aromatic heterocycles. The summed E-state index contributed by atoms with van der Waals surface area (Å²) in [5.74, 6) is 3.70. The largest absolute Gasteiger partial charge is 0.507 e. The number of benzene rings is 8. The van der Waals surface area contributed by atoms with Gasteiger partial charge >= 0.3 is 0 Å². The lowest BCUT2D eigenvalue weighted by Crippen LogP contribution is -2.39. The maximum absolute atomic E-state index is 13.1. The Balaban J connectivity index is 1.08. The molecule has 2 heterocycles. The Morgan fingerprint density at radius 2 is 0.330 bits per heavy atom. The topological polar surface area (TPSA) is 166 Å². The van der Waals surface area contributed by atoms with Gasteiger partial charge in [-0.2, -0.15) is 0 Å². The van der Waals surface area contributed by atoms with Crippen LogP contribution in [0.3, 0.4) is 0 Å². The average Bonchev–Trinajstić information content (AvgIpc) is 0.765. The molecule has 0 saturated carbocycles. The summed E-state index contributed by atoms with van der Waals surface area (Å²) in [7, 11) is 0. The van der Waals surface area contributed by atoms with E-state index in [0.29, 0.717) is 111 Å². The zero-order chi connectivity index (χ0) is 81.9. The van der Waals surface area contributed by atoms with E-state index in [-0.39, 0.29) is 92.7 Å². The van der Waals surface area contributed by atoms with Crippen LogP contribution in [0.25, 0.3) is 0 Å². The number of phenols is 4. The van der Waals surface area contributed by atoms with E-state index in [1.807, 2.05) is 0 Å². The molecule has 2 aliphatic heterocycles. The number of ether oxygens (including phenoxy) is 4. The van der Waals surface area contributed by atoms with Crippen molar-refractivity contribution in [2.24, 2.45) is 0 Å². The number of hydrogen-bond donors (Lipinski definition) is 8. The SMILES string of the molecule is CC(C)(C)c1cc2c(O)c(c1)Cc1cc(C(C)(C)C)cc3c1OCCNC(=S)NCCOc1c4cc(C(C)(C)C)cc1Cc1cc(C(C)(C)C)cc(c1O)Cc1cc(C(C)(C)C)cc(c1OCCNC(=S)NCCOc1c(cc(C(C)(C)C)cc1Cc1cc(C(C)(C)C)cc(c1O)C3)C2)Cc1cc(C(C)(C)C)cc(c1O)C4. The molecule has 2 aliphatic carbocycles. The first-order chi connectivity index (χ1) is 52.0. The fourth-order valence-electron chi connectivity index (χ4n) is 15.4. The van der Waals surface area contributed by atoms with Crippen LogP contribution >= 0.6 is 24.4 Å². The highest BCUT2D eigenvalue weighted by Gasteiger charge is 2.33. The second-order valence-electron chi connectivity index (χ2n) is 40.2. The van der Waals surface area contributed by atoms with Crippen LogP contribution in [0.2, 0.25) is 0 Å². The number of hydrogen-bond acceptors (Lipinski definition) is 10. The van der Waals surface area contributed by atoms with E-state index in [1.54, 1.807) is 0 Å². The van der Waals surface area contributed by atoms with Gasteiger partial charge in [0.2, 0.25) is 0 Å². The Hall–Kier alpha value is -8.46. The second-order valence-corrected chi connectivity index (χ2v) is 41.1. The first-order valence-electron chi connectivity index (χ1n) is 40.6. The monoisotopic (exact) mass is 1550 g/mol. The molecule has 4 aliphatic rings. The van der Waals surface area contributed by atoms with E-state index >= 15 is 0 Å². The molecule has 12 rings (SSSR count). The molecule has 14 heteroatoms. The van der Waals surface area contributed by atoms with Crippen LogP contribution < -0.4 is 40.2 Å². The van der Waals surface area contributed by atoms with Crippen molar-refractivity contribution in [1.29, 1.82) is 0 Å². The van der Waals surface area contributed by atoms with Crippen molar-refractivity contribution in [3.8, 4) is 46.0 Å². The molecule has 0 spiro atoms. The smallest absolute Gasteiger partial charge is 0.166 e. The van der Waals surface area contributed by atoms with E-state index in [2.05, 4.69) is 284 Å². The molecule has 600 valence electrons. The molecule has 8 aromatic rings. The number of nitrogens with one attached hydrogen (secondary N) is 4. The van der Waals surface area contributed by atoms with Gasteiger partial charge in [0.05, 0.1) is 26.2 Å². The van der Waals surface area contributed by atoms with E-state index in [4.69, 9.17) is 43.4 Å². The Bertz CT molecular complexity index is 4090. The molecule has 0 atom stereocenters. The second kappa shape index (κ2) is 32.1. The molecular formula is C98H128N4O8S2. The molecule has 0 amide bonds.